The van der Waals surface area contributed by atoms with E-state index in [1.807, 2.05) is 90.1 Å². The van der Waals surface area contributed by atoms with Crippen molar-refractivity contribution in [2.45, 2.75) is 111 Å². The minimum Gasteiger partial charge on any atom is -0.480 e. The number of carbonyl (C=O) groups excluding carboxylic acids is 4. The molecule has 68 heavy (non-hydrogen) atoms. The Hall–Kier alpha value is -6.03. The van der Waals surface area contributed by atoms with Crippen LogP contribution in [0.15, 0.2) is 72.2 Å². The first kappa shape index (κ1) is 51.4. The van der Waals surface area contributed by atoms with Gasteiger partial charge in [-0.25, -0.2) is 4.98 Å². The average Bonchev–Trinajstić information content (AvgIpc) is 3.96. The van der Waals surface area contributed by atoms with Crippen LogP contribution in [0, 0.1) is 29.1 Å². The van der Waals surface area contributed by atoms with E-state index in [0.29, 0.717) is 32.7 Å². The lowest BCUT2D eigenvalue weighted by atomic mass is 9.85. The number of aliphatic hydroxyl groups excluding tert-OH is 1. The Kier molecular flexibility index (Phi) is 16.6. The van der Waals surface area contributed by atoms with E-state index < -0.39 is 64.2 Å². The minimum atomic E-state index is -4.75. The number of unbranched alkanes of at least 4 members (excludes halogenated alkanes) is 2. The number of ether oxygens (including phenoxy) is 2. The monoisotopic (exact) mass is 959 g/mol. The first-order chi connectivity index (χ1) is 32.1. The van der Waals surface area contributed by atoms with Crippen LogP contribution in [-0.4, -0.2) is 101 Å². The molecule has 0 aliphatic carbocycles. The Labute approximate surface area is 399 Å². The summed E-state index contributed by atoms with van der Waals surface area (Å²) in [6.45, 7) is 12.7. The van der Waals surface area contributed by atoms with Crippen molar-refractivity contribution in [2.75, 3.05) is 38.2 Å². The maximum absolute atomic E-state index is 14.0. The zero-order chi connectivity index (χ0) is 49.4. The highest BCUT2D eigenvalue weighted by atomic mass is 32.1. The summed E-state index contributed by atoms with van der Waals surface area (Å²) in [6.07, 6.45) is -4.20. The molecule has 6 rings (SSSR count). The molecule has 4 N–H and O–H groups in total. The maximum atomic E-state index is 14.0. The molecule has 2 fully saturated rings. The maximum Gasteiger partial charge on any atom is 0.417 e. The number of halogens is 3. The molecule has 14 nitrogen and oxygen atoms in total. The number of alkyl halides is 3. The summed E-state index contributed by atoms with van der Waals surface area (Å²) in [4.78, 5) is 62.2. The van der Waals surface area contributed by atoms with E-state index >= 15 is 0 Å². The number of thiazole rings is 1. The van der Waals surface area contributed by atoms with Crippen LogP contribution >= 0.6 is 11.3 Å². The highest BCUT2D eigenvalue weighted by molar-refractivity contribution is 7.13. The Balaban J connectivity index is 0.883. The van der Waals surface area contributed by atoms with Crippen LogP contribution < -0.4 is 20.7 Å². The lowest BCUT2D eigenvalue weighted by Gasteiger charge is -2.35. The molecule has 0 spiro atoms. The van der Waals surface area contributed by atoms with Crippen LogP contribution in [0.5, 0.6) is 5.75 Å². The molecule has 2 aliphatic rings. The van der Waals surface area contributed by atoms with Gasteiger partial charge in [0.05, 0.1) is 39.4 Å². The van der Waals surface area contributed by atoms with Gasteiger partial charge in [-0.3, -0.25) is 19.2 Å². The van der Waals surface area contributed by atoms with Gasteiger partial charge in [0.2, 0.25) is 17.7 Å². The van der Waals surface area contributed by atoms with Gasteiger partial charge in [0.25, 0.3) is 5.91 Å². The number of aryl methyl sites for hydroxylation is 1. The average molecular weight is 960 g/mol. The van der Waals surface area contributed by atoms with Gasteiger partial charge in [-0.2, -0.15) is 18.4 Å². The topological polar surface area (TPSA) is 186 Å². The summed E-state index contributed by atoms with van der Waals surface area (Å²) in [5.41, 5.74) is 3.41. The number of aromatic nitrogens is 1. The molecule has 3 heterocycles. The number of hydrogen-bond donors (Lipinski definition) is 4. The quantitative estimate of drug-likeness (QED) is 0.0699. The molecule has 0 saturated carbocycles. The van der Waals surface area contributed by atoms with E-state index in [-0.39, 0.29) is 43.7 Å². The molecule has 4 atom stereocenters. The molecule has 1 aromatic heterocycles. The molecule has 2 aliphatic heterocycles. The van der Waals surface area contributed by atoms with Crippen molar-refractivity contribution < 1.29 is 46.9 Å². The number of nitrogens with zero attached hydrogens (tertiary/aromatic N) is 4. The van der Waals surface area contributed by atoms with Gasteiger partial charge in [-0.1, -0.05) is 71.0 Å². The van der Waals surface area contributed by atoms with E-state index in [9.17, 15) is 37.5 Å². The molecule has 2 saturated heterocycles. The fraction of sp³-hybridized carbons (Fsp3) is 0.480. The van der Waals surface area contributed by atoms with Gasteiger partial charge < -0.3 is 40.3 Å². The van der Waals surface area contributed by atoms with Crippen LogP contribution in [0.3, 0.4) is 0 Å². The second-order valence-corrected chi connectivity index (χ2v) is 20.0. The van der Waals surface area contributed by atoms with Crippen LogP contribution in [0.25, 0.3) is 10.4 Å². The fourth-order valence-electron chi connectivity index (χ4n) is 8.40. The van der Waals surface area contributed by atoms with Crippen molar-refractivity contribution in [3.05, 3.63) is 100 Å². The summed E-state index contributed by atoms with van der Waals surface area (Å²) < 4.78 is 52.1. The number of nitrogens with one attached hydrogen (secondary N) is 3. The molecular weight excluding hydrogens is 900 g/mol. The number of likely N-dealkylation sites (tertiary alicyclic amines) is 2. The fourth-order valence-corrected chi connectivity index (χ4v) is 9.21. The number of β-amino-alcohol motifs (C(OH)–C–C–N with tert-alkyl or cyclic N) is 1. The number of nitriles is 1. The number of anilines is 1. The summed E-state index contributed by atoms with van der Waals surface area (Å²) in [5, 5.41) is 28.8. The number of aliphatic hydroxyl groups is 1. The summed E-state index contributed by atoms with van der Waals surface area (Å²) >= 11 is 1.56. The highest BCUT2D eigenvalue weighted by Crippen LogP contribution is 2.38. The number of benzene rings is 3. The number of amides is 4. The third-order valence-corrected chi connectivity index (χ3v) is 13.1. The second-order valence-electron chi connectivity index (χ2n) is 19.2. The standard InChI is InChI=1S/C50H60F3N7O7S/c1-31-42(68-30-57-31)34-14-10-32(11-15-34)25-56-45(63)40-22-37(61)27-60(40)46(64)43(48(2,3)4)58-41(62)28-66-21-9-7-8-20-55-36-17-12-33(13-18-36)26-59-29-49(5,6)44(47(59)65)67-38-19-16-35(24-54)39(23-38)50(51,52)53/h10-19,23,30,37,40,43-44,55,61H,7-9,20-22,25-29H2,1-6H3,(H,56,63)(H,58,62). The predicted molar refractivity (Wildman–Crippen MR) is 251 cm³/mol. The van der Waals surface area contributed by atoms with Gasteiger partial charge in [0, 0.05) is 56.9 Å². The zero-order valence-electron chi connectivity index (χ0n) is 39.2. The first-order valence-corrected chi connectivity index (χ1v) is 23.5. The lowest BCUT2D eigenvalue weighted by Crippen LogP contribution is -2.58. The molecule has 3 aromatic carbocycles. The lowest BCUT2D eigenvalue weighted by molar-refractivity contribution is -0.144. The number of carbonyl (C=O) groups is 4. The summed E-state index contributed by atoms with van der Waals surface area (Å²) in [7, 11) is 0. The third kappa shape index (κ3) is 13.1. The van der Waals surface area contributed by atoms with Crippen molar-refractivity contribution in [2.24, 2.45) is 10.8 Å². The zero-order valence-corrected chi connectivity index (χ0v) is 40.1. The van der Waals surface area contributed by atoms with Crippen LogP contribution in [0.1, 0.15) is 88.2 Å². The Bertz CT molecular complexity index is 2450. The Morgan fingerprint density at radius 3 is 2.37 bits per heavy atom. The van der Waals surface area contributed by atoms with E-state index in [2.05, 4.69) is 20.9 Å². The molecule has 4 aromatic rings. The van der Waals surface area contributed by atoms with Crippen molar-refractivity contribution >= 4 is 40.7 Å². The van der Waals surface area contributed by atoms with Crippen molar-refractivity contribution in [1.82, 2.24) is 25.4 Å². The minimum absolute atomic E-state index is 0.0253. The normalized spacial score (nSPS) is 18.5. The molecule has 364 valence electrons. The van der Waals surface area contributed by atoms with Crippen LogP contribution in [0.2, 0.25) is 0 Å². The highest BCUT2D eigenvalue weighted by Gasteiger charge is 2.48. The van der Waals surface area contributed by atoms with E-state index in [0.717, 1.165) is 57.9 Å². The summed E-state index contributed by atoms with van der Waals surface area (Å²) in [5.74, 6) is -1.76. The Morgan fingerprint density at radius 1 is 1.01 bits per heavy atom. The summed E-state index contributed by atoms with van der Waals surface area (Å²) in [6, 6.07) is 18.2. The van der Waals surface area contributed by atoms with Crippen molar-refractivity contribution in [3.8, 4) is 22.3 Å². The molecule has 4 amide bonds. The molecule has 18 heteroatoms. The largest absolute Gasteiger partial charge is 0.480 e. The second kappa shape index (κ2) is 21.9. The molecule has 4 unspecified atom stereocenters. The first-order valence-electron chi connectivity index (χ1n) is 22.7. The van der Waals surface area contributed by atoms with Crippen molar-refractivity contribution in [1.29, 1.82) is 5.26 Å². The van der Waals surface area contributed by atoms with E-state index in [1.165, 1.54) is 11.0 Å². The molecule has 0 radical (unpaired) electrons. The van der Waals surface area contributed by atoms with Gasteiger partial charge in [-0.15, -0.1) is 11.3 Å². The van der Waals surface area contributed by atoms with Crippen molar-refractivity contribution in [3.63, 3.8) is 0 Å². The van der Waals surface area contributed by atoms with Gasteiger partial charge in [0.1, 0.15) is 24.4 Å². The predicted octanol–water partition coefficient (Wildman–Crippen LogP) is 7.23. The number of hydrogen-bond acceptors (Lipinski definition) is 11. The molecular formula is C50H60F3N7O7S. The molecule has 0 bridgehead atoms. The number of rotatable bonds is 19. The smallest absolute Gasteiger partial charge is 0.417 e. The van der Waals surface area contributed by atoms with Gasteiger partial charge in [-0.05, 0) is 78.6 Å². The van der Waals surface area contributed by atoms with Gasteiger partial charge in [0.15, 0.2) is 6.10 Å². The van der Waals surface area contributed by atoms with Crippen LogP contribution in [-0.2, 0) is 43.2 Å². The van der Waals surface area contributed by atoms with E-state index in [4.69, 9.17) is 14.7 Å². The van der Waals surface area contributed by atoms with Gasteiger partial charge >= 0.3 is 6.18 Å². The Morgan fingerprint density at radius 2 is 1.72 bits per heavy atom. The third-order valence-electron chi connectivity index (χ3n) is 12.1. The van der Waals surface area contributed by atoms with E-state index in [1.54, 1.807) is 27.8 Å². The SMILES string of the molecule is Cc1ncsc1-c1ccc(CNC(=O)C2CC(O)CN2C(=O)C(NC(=O)COCCCCCNc2ccc(CN3CC(C)(C)C(Oc4ccc(C#N)c(C(F)(F)F)c4)C3=O)cc2)C(C)(C)C)cc1. The van der Waals surface area contributed by atoms with Crippen LogP contribution in [0.4, 0.5) is 18.9 Å².